The molecule has 0 spiro atoms. The van der Waals surface area contributed by atoms with E-state index in [2.05, 4.69) is 37.6 Å². The number of aryl methyl sites for hydroxylation is 1. The number of aliphatic hydroxyl groups is 1. The first-order valence-corrected chi connectivity index (χ1v) is 11.0. The van der Waals surface area contributed by atoms with Crippen LogP contribution in [-0.2, 0) is 12.1 Å². The van der Waals surface area contributed by atoms with Crippen molar-refractivity contribution in [2.75, 3.05) is 31.1 Å². The highest BCUT2D eigenvalue weighted by Crippen LogP contribution is 2.22. The normalized spacial score (nSPS) is 17.3. The molecule has 0 aromatic carbocycles. The summed E-state index contributed by atoms with van der Waals surface area (Å²) in [4.78, 5) is 11.7. The minimum atomic E-state index is -1.12. The molecule has 2 aromatic rings. The Labute approximate surface area is 179 Å². The fourth-order valence-corrected chi connectivity index (χ4v) is 3.58. The summed E-state index contributed by atoms with van der Waals surface area (Å²) in [5, 5.41) is 17.2. The van der Waals surface area contributed by atoms with E-state index in [9.17, 15) is 5.11 Å². The zero-order valence-electron chi connectivity index (χ0n) is 18.4. The van der Waals surface area contributed by atoms with Crippen LogP contribution in [0.4, 0.5) is 5.82 Å². The van der Waals surface area contributed by atoms with Crippen LogP contribution in [0.1, 0.15) is 56.6 Å². The molecule has 1 atom stereocenters. The van der Waals surface area contributed by atoms with Gasteiger partial charge in [0, 0.05) is 25.8 Å². The molecule has 3 rings (SSSR count). The third-order valence-corrected chi connectivity index (χ3v) is 5.37. The summed E-state index contributed by atoms with van der Waals surface area (Å²) in [5.74, 6) is 3.02. The summed E-state index contributed by atoms with van der Waals surface area (Å²) in [6.45, 7) is 9.34. The first-order valence-electron chi connectivity index (χ1n) is 11.0. The summed E-state index contributed by atoms with van der Waals surface area (Å²) < 4.78 is 5.58. The molecule has 30 heavy (non-hydrogen) atoms. The van der Waals surface area contributed by atoms with Crippen molar-refractivity contribution in [3.63, 3.8) is 0 Å². The van der Waals surface area contributed by atoms with Crippen molar-refractivity contribution < 1.29 is 9.52 Å². The summed E-state index contributed by atoms with van der Waals surface area (Å²) in [6.07, 6.45) is 7.03. The van der Waals surface area contributed by atoms with E-state index in [0.717, 1.165) is 36.8 Å². The molecule has 1 fully saturated rings. The molecule has 1 unspecified atom stereocenters. The van der Waals surface area contributed by atoms with Crippen LogP contribution in [0.5, 0.6) is 0 Å². The molecule has 0 amide bonds. The number of guanidine groups is 1. The molecule has 164 valence electrons. The fourth-order valence-electron chi connectivity index (χ4n) is 3.58. The third kappa shape index (κ3) is 6.23. The molecule has 7 heteroatoms. The molecule has 3 heterocycles. The summed E-state index contributed by atoms with van der Waals surface area (Å²) in [5.41, 5.74) is -0.0694. The number of rotatable bonds is 7. The first-order chi connectivity index (χ1) is 14.5. The summed E-state index contributed by atoms with van der Waals surface area (Å²) >= 11 is 0. The van der Waals surface area contributed by atoms with Crippen LogP contribution in [0.15, 0.2) is 39.9 Å². The molecule has 0 radical (unpaired) electrons. The Hall–Kier alpha value is -2.54. The molecule has 0 bridgehead atoms. The number of nitrogens with zero attached hydrogens (tertiary/aromatic N) is 3. The summed E-state index contributed by atoms with van der Waals surface area (Å²) in [6, 6.07) is 7.85. The lowest BCUT2D eigenvalue weighted by molar-refractivity contribution is 0.0378. The smallest absolute Gasteiger partial charge is 0.191 e. The molecule has 1 saturated heterocycles. The van der Waals surface area contributed by atoms with Crippen LogP contribution in [0.25, 0.3) is 0 Å². The number of anilines is 1. The van der Waals surface area contributed by atoms with Gasteiger partial charge in [0.1, 0.15) is 22.9 Å². The van der Waals surface area contributed by atoms with Crippen molar-refractivity contribution in [2.45, 2.75) is 58.6 Å². The number of furan rings is 1. The van der Waals surface area contributed by atoms with E-state index >= 15 is 0 Å². The largest absolute Gasteiger partial charge is 0.463 e. The zero-order valence-corrected chi connectivity index (χ0v) is 18.4. The molecule has 1 aliphatic heterocycles. The second-order valence-electron chi connectivity index (χ2n) is 8.16. The number of aliphatic imine (C=N–C) groups is 1. The van der Waals surface area contributed by atoms with Crippen LogP contribution in [0, 0.1) is 6.92 Å². The number of pyridine rings is 1. The van der Waals surface area contributed by atoms with E-state index < -0.39 is 5.60 Å². The number of hydrogen-bond donors (Lipinski definition) is 3. The number of hydrogen-bond acceptors (Lipinski definition) is 5. The van der Waals surface area contributed by atoms with Crippen molar-refractivity contribution >= 4 is 11.8 Å². The molecular formula is C23H35N5O2. The standard InChI is InChI=1S/C23H35N5O2/c1-4-24-22(27-17-23(3,29)20-11-9-18(2)30-20)26-16-19-10-12-21(25-15-19)28-13-7-5-6-8-14-28/h9-12,15,29H,4-8,13-14,16-17H2,1-3H3,(H2,24,26,27). The molecule has 0 saturated carbocycles. The third-order valence-electron chi connectivity index (χ3n) is 5.37. The number of aromatic nitrogens is 1. The van der Waals surface area contributed by atoms with Gasteiger partial charge in [0.25, 0.3) is 0 Å². The SMILES string of the molecule is CCNC(=NCc1ccc(N2CCCCCC2)nc1)NCC(C)(O)c1ccc(C)o1. The van der Waals surface area contributed by atoms with Crippen molar-refractivity contribution in [2.24, 2.45) is 4.99 Å². The van der Waals surface area contributed by atoms with Crippen molar-refractivity contribution in [3.8, 4) is 0 Å². The molecule has 0 aliphatic carbocycles. The fraction of sp³-hybridized carbons (Fsp3) is 0.565. The highest BCUT2D eigenvalue weighted by atomic mass is 16.4. The van der Waals surface area contributed by atoms with E-state index in [1.165, 1.54) is 25.7 Å². The van der Waals surface area contributed by atoms with Gasteiger partial charge in [-0.25, -0.2) is 9.98 Å². The van der Waals surface area contributed by atoms with Gasteiger partial charge in [-0.05, 0) is 57.4 Å². The van der Waals surface area contributed by atoms with Gasteiger partial charge in [0.2, 0.25) is 0 Å². The Morgan fingerprint density at radius 3 is 2.53 bits per heavy atom. The number of nitrogens with one attached hydrogen (secondary N) is 2. The molecular weight excluding hydrogens is 378 g/mol. The Kier molecular flexibility index (Phi) is 7.74. The van der Waals surface area contributed by atoms with Crippen LogP contribution in [-0.4, -0.2) is 42.2 Å². The summed E-state index contributed by atoms with van der Waals surface area (Å²) in [7, 11) is 0. The second kappa shape index (κ2) is 10.5. The lowest BCUT2D eigenvalue weighted by Gasteiger charge is -2.23. The van der Waals surface area contributed by atoms with Crippen molar-refractivity contribution in [1.29, 1.82) is 0 Å². The maximum absolute atomic E-state index is 10.7. The van der Waals surface area contributed by atoms with Crippen LogP contribution >= 0.6 is 0 Å². The highest BCUT2D eigenvalue weighted by Gasteiger charge is 2.27. The average Bonchev–Trinajstić information content (AvgIpc) is 3.01. The molecule has 3 N–H and O–H groups in total. The van der Waals surface area contributed by atoms with Crippen molar-refractivity contribution in [3.05, 3.63) is 47.5 Å². The Morgan fingerprint density at radius 2 is 1.93 bits per heavy atom. The average molecular weight is 414 g/mol. The Morgan fingerprint density at radius 1 is 1.17 bits per heavy atom. The van der Waals surface area contributed by atoms with Gasteiger partial charge in [-0.1, -0.05) is 18.9 Å². The zero-order chi connectivity index (χ0) is 21.4. The molecule has 1 aliphatic rings. The van der Waals surface area contributed by atoms with Gasteiger partial charge in [0.05, 0.1) is 13.1 Å². The lowest BCUT2D eigenvalue weighted by atomic mass is 10.0. The van der Waals surface area contributed by atoms with E-state index in [-0.39, 0.29) is 6.54 Å². The lowest BCUT2D eigenvalue weighted by Crippen LogP contribution is -2.44. The minimum absolute atomic E-state index is 0.290. The van der Waals surface area contributed by atoms with Gasteiger partial charge in [-0.2, -0.15) is 0 Å². The van der Waals surface area contributed by atoms with Crippen LogP contribution < -0.4 is 15.5 Å². The van der Waals surface area contributed by atoms with E-state index in [4.69, 9.17) is 4.42 Å². The Balaban J connectivity index is 1.58. The van der Waals surface area contributed by atoms with Gasteiger partial charge in [-0.3, -0.25) is 0 Å². The van der Waals surface area contributed by atoms with Gasteiger partial charge >= 0.3 is 0 Å². The van der Waals surface area contributed by atoms with Gasteiger partial charge in [-0.15, -0.1) is 0 Å². The topological polar surface area (TPSA) is 85.9 Å². The van der Waals surface area contributed by atoms with E-state index in [1.807, 2.05) is 26.1 Å². The maximum atomic E-state index is 10.7. The predicted octanol–water partition coefficient (Wildman–Crippen LogP) is 3.33. The molecule has 2 aromatic heterocycles. The maximum Gasteiger partial charge on any atom is 0.191 e. The monoisotopic (exact) mass is 413 g/mol. The van der Waals surface area contributed by atoms with Crippen molar-refractivity contribution in [1.82, 2.24) is 15.6 Å². The van der Waals surface area contributed by atoms with E-state index in [0.29, 0.717) is 18.3 Å². The quantitative estimate of drug-likeness (QED) is 0.477. The molecule has 7 nitrogen and oxygen atoms in total. The first kappa shape index (κ1) is 22.2. The van der Waals surface area contributed by atoms with Crippen LogP contribution in [0.2, 0.25) is 0 Å². The van der Waals surface area contributed by atoms with Gasteiger partial charge in [0.15, 0.2) is 5.96 Å². The van der Waals surface area contributed by atoms with Crippen LogP contribution in [0.3, 0.4) is 0 Å². The highest BCUT2D eigenvalue weighted by molar-refractivity contribution is 5.79. The minimum Gasteiger partial charge on any atom is -0.463 e. The van der Waals surface area contributed by atoms with Gasteiger partial charge < -0.3 is 25.1 Å². The second-order valence-corrected chi connectivity index (χ2v) is 8.16. The Bertz CT molecular complexity index is 805. The predicted molar refractivity (Wildman–Crippen MR) is 121 cm³/mol. The van der Waals surface area contributed by atoms with E-state index in [1.54, 1.807) is 13.0 Å².